The van der Waals surface area contributed by atoms with E-state index in [1.807, 2.05) is 44.2 Å². The van der Waals surface area contributed by atoms with Crippen LogP contribution in [0.2, 0.25) is 10.0 Å². The molecule has 0 unspecified atom stereocenters. The van der Waals surface area contributed by atoms with Crippen LogP contribution >= 0.6 is 23.2 Å². The van der Waals surface area contributed by atoms with E-state index in [4.69, 9.17) is 23.2 Å². The Morgan fingerprint density at radius 2 is 1.47 bits per heavy atom. The van der Waals surface area contributed by atoms with Crippen LogP contribution in [-0.4, -0.2) is 43.8 Å². The van der Waals surface area contributed by atoms with E-state index in [0.717, 1.165) is 9.87 Å². The highest BCUT2D eigenvalue weighted by Crippen LogP contribution is 2.35. The topological polar surface area (TPSA) is 86.8 Å². The first kappa shape index (κ1) is 34.0. The summed E-state index contributed by atoms with van der Waals surface area (Å²) in [5, 5.41) is 3.03. The average molecular weight is 671 g/mol. The van der Waals surface area contributed by atoms with E-state index in [1.165, 1.54) is 59.5 Å². The lowest BCUT2D eigenvalue weighted by Gasteiger charge is -2.34. The van der Waals surface area contributed by atoms with Crippen molar-refractivity contribution in [1.29, 1.82) is 0 Å². The molecular formula is C34H34Cl2FN3O4S. The molecular weight excluding hydrogens is 636 g/mol. The van der Waals surface area contributed by atoms with E-state index in [1.54, 1.807) is 18.2 Å². The van der Waals surface area contributed by atoms with Gasteiger partial charge in [0.2, 0.25) is 11.8 Å². The molecule has 4 rings (SSSR count). The molecule has 236 valence electrons. The maximum atomic E-state index is 14.5. The van der Waals surface area contributed by atoms with Crippen LogP contribution in [-0.2, 0) is 32.6 Å². The van der Waals surface area contributed by atoms with Crippen molar-refractivity contribution >= 4 is 50.7 Å². The molecule has 0 saturated heterocycles. The molecule has 45 heavy (non-hydrogen) atoms. The quantitative estimate of drug-likeness (QED) is 0.168. The Labute approximate surface area is 273 Å². The van der Waals surface area contributed by atoms with E-state index < -0.39 is 40.2 Å². The first-order valence-electron chi connectivity index (χ1n) is 14.4. The SMILES string of the molecule is CC[C@H](C)NC(=O)[C@@H](Cc1ccccc1)N(Cc1ccc(F)cc1)C(=O)CN(c1cccc(Cl)c1Cl)S(=O)(=O)c1ccccc1. The molecule has 7 nitrogen and oxygen atoms in total. The molecule has 2 amide bonds. The van der Waals surface area contributed by atoms with Crippen molar-refractivity contribution in [3.63, 3.8) is 0 Å². The third-order valence-corrected chi connectivity index (χ3v) is 9.93. The maximum absolute atomic E-state index is 14.5. The molecule has 4 aromatic carbocycles. The summed E-state index contributed by atoms with van der Waals surface area (Å²) < 4.78 is 42.8. The van der Waals surface area contributed by atoms with Gasteiger partial charge in [-0.2, -0.15) is 0 Å². The lowest BCUT2D eigenvalue weighted by Crippen LogP contribution is -2.54. The number of nitrogens with zero attached hydrogens (tertiary/aromatic N) is 2. The zero-order valence-electron chi connectivity index (χ0n) is 24.9. The monoisotopic (exact) mass is 669 g/mol. The van der Waals surface area contributed by atoms with E-state index in [9.17, 15) is 22.4 Å². The summed E-state index contributed by atoms with van der Waals surface area (Å²) in [6, 6.07) is 25.7. The van der Waals surface area contributed by atoms with Gasteiger partial charge in [-0.25, -0.2) is 12.8 Å². The number of sulfonamides is 1. The average Bonchev–Trinajstić information content (AvgIpc) is 3.04. The zero-order chi connectivity index (χ0) is 32.6. The van der Waals surface area contributed by atoms with Crippen LogP contribution in [0.5, 0.6) is 0 Å². The van der Waals surface area contributed by atoms with Crippen LogP contribution in [0.3, 0.4) is 0 Å². The highest BCUT2D eigenvalue weighted by atomic mass is 35.5. The minimum atomic E-state index is -4.34. The lowest BCUT2D eigenvalue weighted by molar-refractivity contribution is -0.140. The van der Waals surface area contributed by atoms with E-state index in [0.29, 0.717) is 12.0 Å². The third kappa shape index (κ3) is 8.63. The number of hydrogen-bond acceptors (Lipinski definition) is 4. The van der Waals surface area contributed by atoms with E-state index >= 15 is 0 Å². The summed E-state index contributed by atoms with van der Waals surface area (Å²) in [5.74, 6) is -1.53. The zero-order valence-corrected chi connectivity index (χ0v) is 27.2. The predicted molar refractivity (Wildman–Crippen MR) is 176 cm³/mol. The van der Waals surface area contributed by atoms with Crippen LogP contribution in [0.25, 0.3) is 0 Å². The Bertz CT molecular complexity index is 1710. The highest BCUT2D eigenvalue weighted by molar-refractivity contribution is 7.92. The third-order valence-electron chi connectivity index (χ3n) is 7.35. The second-order valence-electron chi connectivity index (χ2n) is 10.6. The van der Waals surface area contributed by atoms with Gasteiger partial charge in [-0.3, -0.25) is 13.9 Å². The summed E-state index contributed by atoms with van der Waals surface area (Å²) in [4.78, 5) is 29.6. The Morgan fingerprint density at radius 1 is 0.844 bits per heavy atom. The van der Waals surface area contributed by atoms with Gasteiger partial charge in [-0.1, -0.05) is 96.9 Å². The van der Waals surface area contributed by atoms with Gasteiger partial charge in [0.25, 0.3) is 10.0 Å². The summed E-state index contributed by atoms with van der Waals surface area (Å²) in [6.07, 6.45) is 0.811. The van der Waals surface area contributed by atoms with Crippen molar-refractivity contribution < 1.29 is 22.4 Å². The molecule has 0 aliphatic rings. The van der Waals surface area contributed by atoms with Gasteiger partial charge < -0.3 is 10.2 Å². The fourth-order valence-corrected chi connectivity index (χ4v) is 6.59. The predicted octanol–water partition coefficient (Wildman–Crippen LogP) is 6.88. The molecule has 1 N–H and O–H groups in total. The highest BCUT2D eigenvalue weighted by Gasteiger charge is 2.35. The van der Waals surface area contributed by atoms with Crippen molar-refractivity contribution in [2.45, 2.75) is 50.2 Å². The van der Waals surface area contributed by atoms with Crippen molar-refractivity contribution in [2.75, 3.05) is 10.8 Å². The molecule has 0 spiro atoms. The summed E-state index contributed by atoms with van der Waals surface area (Å²) >= 11 is 12.8. The first-order valence-corrected chi connectivity index (χ1v) is 16.6. The number of halogens is 3. The lowest BCUT2D eigenvalue weighted by atomic mass is 10.0. The standard InChI is InChI=1S/C34H34Cl2FN3O4S/c1-3-24(2)38-34(42)31(21-25-11-6-4-7-12-25)39(22-26-17-19-27(37)20-18-26)32(41)23-40(30-16-10-15-29(35)33(30)36)45(43,44)28-13-8-5-9-14-28/h4-20,24,31H,3,21-23H2,1-2H3,(H,38,42)/t24-,31+/m0/s1. The largest absolute Gasteiger partial charge is 0.352 e. The molecule has 0 heterocycles. The second kappa shape index (κ2) is 15.4. The molecule has 0 aliphatic heterocycles. The molecule has 0 aliphatic carbocycles. The summed E-state index contributed by atoms with van der Waals surface area (Å²) in [7, 11) is -4.34. The van der Waals surface area contributed by atoms with E-state index in [-0.39, 0.29) is 39.6 Å². The minimum Gasteiger partial charge on any atom is -0.352 e. The number of rotatable bonds is 13. The van der Waals surface area contributed by atoms with Crippen molar-refractivity contribution in [3.05, 3.63) is 130 Å². The fraction of sp³-hybridized carbons (Fsp3) is 0.235. The van der Waals surface area contributed by atoms with Crippen molar-refractivity contribution in [3.8, 4) is 0 Å². The molecule has 0 saturated carbocycles. The Kier molecular flexibility index (Phi) is 11.6. The van der Waals surface area contributed by atoms with Gasteiger partial charge >= 0.3 is 0 Å². The number of anilines is 1. The van der Waals surface area contributed by atoms with Gasteiger partial charge in [0, 0.05) is 19.0 Å². The normalized spacial score (nSPS) is 12.6. The van der Waals surface area contributed by atoms with Gasteiger partial charge in [-0.15, -0.1) is 0 Å². The number of benzene rings is 4. The van der Waals surface area contributed by atoms with Crippen LogP contribution in [0, 0.1) is 5.82 Å². The fourth-order valence-electron chi connectivity index (χ4n) is 4.70. The number of amides is 2. The Balaban J connectivity index is 1.83. The molecule has 11 heteroatoms. The van der Waals surface area contributed by atoms with E-state index in [2.05, 4.69) is 5.32 Å². The number of carbonyl (C=O) groups excluding carboxylic acids is 2. The van der Waals surface area contributed by atoms with Crippen LogP contribution in [0.15, 0.2) is 108 Å². The minimum absolute atomic E-state index is 0.00627. The van der Waals surface area contributed by atoms with Gasteiger partial charge in [0.15, 0.2) is 0 Å². The van der Waals surface area contributed by atoms with Crippen LogP contribution in [0.1, 0.15) is 31.4 Å². The molecule has 2 atom stereocenters. The Hall–Kier alpha value is -3.92. The molecule has 0 fully saturated rings. The summed E-state index contributed by atoms with van der Waals surface area (Å²) in [5.41, 5.74) is 1.36. The number of hydrogen-bond donors (Lipinski definition) is 1. The maximum Gasteiger partial charge on any atom is 0.264 e. The Morgan fingerprint density at radius 3 is 2.09 bits per heavy atom. The van der Waals surface area contributed by atoms with Crippen molar-refractivity contribution in [1.82, 2.24) is 10.2 Å². The van der Waals surface area contributed by atoms with Gasteiger partial charge in [0.05, 0.1) is 20.6 Å². The second-order valence-corrected chi connectivity index (χ2v) is 13.2. The van der Waals surface area contributed by atoms with Gasteiger partial charge in [-0.05, 0) is 60.9 Å². The van der Waals surface area contributed by atoms with Crippen LogP contribution in [0.4, 0.5) is 10.1 Å². The number of nitrogens with one attached hydrogen (secondary N) is 1. The molecule has 0 radical (unpaired) electrons. The van der Waals surface area contributed by atoms with Crippen molar-refractivity contribution in [2.24, 2.45) is 0 Å². The first-order chi connectivity index (χ1) is 21.5. The van der Waals surface area contributed by atoms with Gasteiger partial charge in [0.1, 0.15) is 18.4 Å². The summed E-state index contributed by atoms with van der Waals surface area (Å²) in [6.45, 7) is 3.01. The molecule has 0 aromatic heterocycles. The smallest absolute Gasteiger partial charge is 0.264 e. The molecule has 4 aromatic rings. The molecule has 0 bridgehead atoms. The number of carbonyl (C=O) groups is 2. The van der Waals surface area contributed by atoms with Crippen LogP contribution < -0.4 is 9.62 Å².